The van der Waals surface area contributed by atoms with E-state index in [2.05, 4.69) is 60.6 Å². The van der Waals surface area contributed by atoms with Crippen molar-refractivity contribution in [2.24, 2.45) is 11.1 Å². The molecule has 3 N–H and O–H groups in total. The van der Waals surface area contributed by atoms with Crippen molar-refractivity contribution in [2.75, 3.05) is 18.4 Å². The summed E-state index contributed by atoms with van der Waals surface area (Å²) in [5, 5.41) is 6.49. The molecule has 1 aliphatic rings. The maximum Gasteiger partial charge on any atom is 0.187 e. The van der Waals surface area contributed by atoms with Crippen molar-refractivity contribution in [3.63, 3.8) is 0 Å². The quantitative estimate of drug-likeness (QED) is 0.784. The lowest BCUT2D eigenvalue weighted by molar-refractivity contribution is 0.0891. The molecule has 2 aromatic rings. The molecule has 1 atom stereocenters. The lowest BCUT2D eigenvalue weighted by Crippen LogP contribution is -2.52. The molecule has 4 nitrogen and oxygen atoms in total. The fraction of sp³-hybridized carbons (Fsp3) is 0.500. The van der Waals surface area contributed by atoms with E-state index in [-0.39, 0.29) is 30.2 Å². The Morgan fingerprint density at radius 3 is 2.60 bits per heavy atom. The monoisotopic (exact) mass is 402 g/mol. The first kappa shape index (κ1) is 22.2. The summed E-state index contributed by atoms with van der Waals surface area (Å²) in [6.45, 7) is 9.61. The molecule has 0 amide bonds. The number of thiazole rings is 1. The minimum absolute atomic E-state index is 0. The minimum atomic E-state index is 0. The number of nitrogens with one attached hydrogen (secondary N) is 1. The molecule has 25 heavy (non-hydrogen) atoms. The van der Waals surface area contributed by atoms with Crippen LogP contribution in [0.3, 0.4) is 0 Å². The van der Waals surface area contributed by atoms with E-state index in [0.29, 0.717) is 6.04 Å². The van der Waals surface area contributed by atoms with Crippen LogP contribution in [0.5, 0.6) is 0 Å². The number of aryl methyl sites for hydroxylation is 1. The van der Waals surface area contributed by atoms with Gasteiger partial charge in [-0.15, -0.1) is 36.2 Å². The molecule has 0 radical (unpaired) electrons. The molecule has 7 heteroatoms. The first-order valence-electron chi connectivity index (χ1n) is 8.18. The van der Waals surface area contributed by atoms with Gasteiger partial charge >= 0.3 is 0 Å². The minimum Gasteiger partial charge on any atom is -0.332 e. The van der Waals surface area contributed by atoms with Crippen LogP contribution >= 0.6 is 36.2 Å². The Hall–Kier alpha value is -0.850. The molecule has 1 fully saturated rings. The molecule has 1 saturated heterocycles. The SMILES string of the molecule is Cc1ccc(Nc2nc(CN3CCC(N)C(C)(C)C3)cs2)cc1.Cl.Cl. The van der Waals surface area contributed by atoms with Crippen LogP contribution in [0.15, 0.2) is 29.6 Å². The number of likely N-dealkylation sites (tertiary alicyclic amines) is 1. The molecule has 0 saturated carbocycles. The molecule has 3 rings (SSSR count). The van der Waals surface area contributed by atoms with Crippen LogP contribution in [0, 0.1) is 12.3 Å². The van der Waals surface area contributed by atoms with E-state index >= 15 is 0 Å². The van der Waals surface area contributed by atoms with E-state index in [4.69, 9.17) is 10.7 Å². The van der Waals surface area contributed by atoms with Gasteiger partial charge in [-0.1, -0.05) is 31.5 Å². The van der Waals surface area contributed by atoms with E-state index in [1.807, 2.05) is 0 Å². The topological polar surface area (TPSA) is 54.2 Å². The first-order valence-corrected chi connectivity index (χ1v) is 9.06. The van der Waals surface area contributed by atoms with Crippen molar-refractivity contribution < 1.29 is 0 Å². The fourth-order valence-electron chi connectivity index (χ4n) is 3.05. The van der Waals surface area contributed by atoms with Gasteiger partial charge in [-0.05, 0) is 30.9 Å². The van der Waals surface area contributed by atoms with E-state index < -0.39 is 0 Å². The van der Waals surface area contributed by atoms with Gasteiger partial charge in [0.15, 0.2) is 5.13 Å². The number of halogens is 2. The zero-order valence-electron chi connectivity index (χ0n) is 15.0. The smallest absolute Gasteiger partial charge is 0.187 e. The molecule has 0 bridgehead atoms. The summed E-state index contributed by atoms with van der Waals surface area (Å²) in [6.07, 6.45) is 1.06. The first-order chi connectivity index (χ1) is 10.9. The van der Waals surface area contributed by atoms with Crippen molar-refractivity contribution in [3.8, 4) is 0 Å². The average molecular weight is 403 g/mol. The Kier molecular flexibility index (Phi) is 8.16. The predicted molar refractivity (Wildman–Crippen MR) is 113 cm³/mol. The van der Waals surface area contributed by atoms with Gasteiger partial charge in [0.05, 0.1) is 5.69 Å². The summed E-state index contributed by atoms with van der Waals surface area (Å²) >= 11 is 1.66. The molecule has 1 aromatic heterocycles. The summed E-state index contributed by atoms with van der Waals surface area (Å²) in [6, 6.07) is 8.69. The van der Waals surface area contributed by atoms with Crippen molar-refractivity contribution in [2.45, 2.75) is 39.8 Å². The molecular weight excluding hydrogens is 375 g/mol. The predicted octanol–water partition coefficient (Wildman–Crippen LogP) is 4.60. The number of nitrogens with two attached hydrogens (primary N) is 1. The third-order valence-electron chi connectivity index (χ3n) is 4.63. The molecular formula is C18H28Cl2N4S. The van der Waals surface area contributed by atoms with Gasteiger partial charge in [-0.3, -0.25) is 4.90 Å². The van der Waals surface area contributed by atoms with Crippen molar-refractivity contribution in [1.29, 1.82) is 0 Å². The molecule has 1 aliphatic heterocycles. The second-order valence-electron chi connectivity index (χ2n) is 7.23. The van der Waals surface area contributed by atoms with E-state index in [9.17, 15) is 0 Å². The lowest BCUT2D eigenvalue weighted by Gasteiger charge is -2.42. The number of piperidine rings is 1. The van der Waals surface area contributed by atoms with E-state index in [1.165, 1.54) is 5.56 Å². The zero-order chi connectivity index (χ0) is 16.4. The van der Waals surface area contributed by atoms with Gasteiger partial charge in [0.25, 0.3) is 0 Å². The van der Waals surface area contributed by atoms with Gasteiger partial charge in [0.2, 0.25) is 0 Å². The largest absolute Gasteiger partial charge is 0.332 e. The van der Waals surface area contributed by atoms with Crippen LogP contribution < -0.4 is 11.1 Å². The van der Waals surface area contributed by atoms with Gasteiger partial charge in [-0.25, -0.2) is 4.98 Å². The molecule has 0 aliphatic carbocycles. The Labute approximate surface area is 167 Å². The van der Waals surface area contributed by atoms with Crippen molar-refractivity contribution >= 4 is 47.0 Å². The third-order valence-corrected chi connectivity index (χ3v) is 5.44. The summed E-state index contributed by atoms with van der Waals surface area (Å²) in [5.41, 5.74) is 9.88. The lowest BCUT2D eigenvalue weighted by atomic mass is 9.80. The van der Waals surface area contributed by atoms with Crippen LogP contribution in [-0.2, 0) is 6.54 Å². The Balaban J connectivity index is 0.00000156. The van der Waals surface area contributed by atoms with E-state index in [1.54, 1.807) is 11.3 Å². The number of hydrogen-bond donors (Lipinski definition) is 2. The number of benzene rings is 1. The molecule has 0 spiro atoms. The van der Waals surface area contributed by atoms with Crippen LogP contribution in [0.25, 0.3) is 0 Å². The van der Waals surface area contributed by atoms with Gasteiger partial charge in [0.1, 0.15) is 0 Å². The number of hydrogen-bond acceptors (Lipinski definition) is 5. The van der Waals surface area contributed by atoms with Crippen molar-refractivity contribution in [3.05, 3.63) is 40.9 Å². The maximum atomic E-state index is 6.22. The summed E-state index contributed by atoms with van der Waals surface area (Å²) in [5.74, 6) is 0. The van der Waals surface area contributed by atoms with Crippen molar-refractivity contribution in [1.82, 2.24) is 9.88 Å². The number of rotatable bonds is 4. The Bertz CT molecular complexity index is 657. The van der Waals surface area contributed by atoms with Gasteiger partial charge < -0.3 is 11.1 Å². The second-order valence-corrected chi connectivity index (χ2v) is 8.09. The van der Waals surface area contributed by atoms with Crippen LogP contribution in [0.1, 0.15) is 31.5 Å². The van der Waals surface area contributed by atoms with Crippen LogP contribution in [0.4, 0.5) is 10.8 Å². The Morgan fingerprint density at radius 2 is 1.96 bits per heavy atom. The summed E-state index contributed by atoms with van der Waals surface area (Å²) < 4.78 is 0. The Morgan fingerprint density at radius 1 is 1.28 bits per heavy atom. The van der Waals surface area contributed by atoms with Gasteiger partial charge in [-0.2, -0.15) is 0 Å². The normalized spacial score (nSPS) is 19.6. The highest BCUT2D eigenvalue weighted by atomic mass is 35.5. The second kappa shape index (κ2) is 9.19. The molecule has 140 valence electrons. The van der Waals surface area contributed by atoms with Crippen LogP contribution in [0.2, 0.25) is 0 Å². The average Bonchev–Trinajstić information content (AvgIpc) is 2.92. The third kappa shape index (κ3) is 5.83. The number of aromatic nitrogens is 1. The summed E-state index contributed by atoms with van der Waals surface area (Å²) in [4.78, 5) is 7.19. The fourth-order valence-corrected chi connectivity index (χ4v) is 3.77. The molecule has 1 unspecified atom stereocenters. The van der Waals surface area contributed by atoms with Crippen LogP contribution in [-0.4, -0.2) is 29.0 Å². The number of nitrogens with zero attached hydrogens (tertiary/aromatic N) is 2. The maximum absolute atomic E-state index is 6.22. The zero-order valence-corrected chi connectivity index (χ0v) is 17.4. The summed E-state index contributed by atoms with van der Waals surface area (Å²) in [7, 11) is 0. The molecule has 2 heterocycles. The highest BCUT2D eigenvalue weighted by Gasteiger charge is 2.33. The highest BCUT2D eigenvalue weighted by molar-refractivity contribution is 7.13. The highest BCUT2D eigenvalue weighted by Crippen LogP contribution is 2.29. The standard InChI is InChI=1S/C18H26N4S.2ClH/c1-13-4-6-14(7-5-13)20-17-21-15(11-23-17)10-22-9-8-16(19)18(2,3)12-22;;/h4-7,11,16H,8-10,12,19H2,1-3H3,(H,20,21);2*1H. The number of anilines is 2. The van der Waals surface area contributed by atoms with E-state index in [0.717, 1.165) is 42.6 Å². The molecule has 1 aromatic carbocycles. The van der Waals surface area contributed by atoms with Gasteiger partial charge in [0, 0.05) is 36.7 Å².